The van der Waals surface area contributed by atoms with Gasteiger partial charge in [0.25, 0.3) is 0 Å². The fourth-order valence-corrected chi connectivity index (χ4v) is 1.64. The zero-order valence-electron chi connectivity index (χ0n) is 13.4. The summed E-state index contributed by atoms with van der Waals surface area (Å²) in [5.41, 5.74) is 1.54. The molecule has 1 N–H and O–H groups in total. The molecule has 0 aliphatic rings. The third-order valence-electron chi connectivity index (χ3n) is 2.82. The van der Waals surface area contributed by atoms with E-state index in [2.05, 4.69) is 5.32 Å². The second-order valence-corrected chi connectivity index (χ2v) is 6.05. The minimum atomic E-state index is -0.495. The fourth-order valence-electron chi connectivity index (χ4n) is 1.64. The van der Waals surface area contributed by atoms with E-state index >= 15 is 0 Å². The highest BCUT2D eigenvalue weighted by Crippen LogP contribution is 2.09. The van der Waals surface area contributed by atoms with Crippen molar-refractivity contribution in [2.24, 2.45) is 0 Å². The summed E-state index contributed by atoms with van der Waals surface area (Å²) in [6, 6.07) is 7.76. The molecule has 0 aliphatic carbocycles. The number of alkyl carbamates (subject to hydrolysis) is 1. The van der Waals surface area contributed by atoms with Gasteiger partial charge in [-0.3, -0.25) is 4.79 Å². The van der Waals surface area contributed by atoms with Crippen LogP contribution in [0.25, 0.3) is 0 Å². The van der Waals surface area contributed by atoms with Gasteiger partial charge in [-0.2, -0.15) is 0 Å². The molecule has 5 heteroatoms. The van der Waals surface area contributed by atoms with Gasteiger partial charge in [-0.25, -0.2) is 4.79 Å². The molecule has 0 atom stereocenters. The number of amides is 2. The number of rotatable bonds is 4. The first-order valence-corrected chi connectivity index (χ1v) is 6.94. The number of hydrogen-bond acceptors (Lipinski definition) is 3. The standard InChI is InChI=1S/C16H24N2O3/c1-12(19)18(5)11-14-8-6-13(7-9-14)10-17-15(20)21-16(2,3)4/h6-9H,10-11H2,1-5H3,(H,17,20). The van der Waals surface area contributed by atoms with E-state index in [9.17, 15) is 9.59 Å². The van der Waals surface area contributed by atoms with E-state index in [4.69, 9.17) is 4.74 Å². The van der Waals surface area contributed by atoms with Gasteiger partial charge in [-0.15, -0.1) is 0 Å². The van der Waals surface area contributed by atoms with Crippen molar-refractivity contribution in [3.05, 3.63) is 35.4 Å². The quantitative estimate of drug-likeness (QED) is 0.928. The van der Waals surface area contributed by atoms with Gasteiger partial charge >= 0.3 is 6.09 Å². The van der Waals surface area contributed by atoms with E-state index in [0.717, 1.165) is 11.1 Å². The van der Waals surface area contributed by atoms with Gasteiger partial charge < -0.3 is 15.0 Å². The summed E-state index contributed by atoms with van der Waals surface area (Å²) in [7, 11) is 1.76. The molecule has 2 amide bonds. The third kappa shape index (κ3) is 6.79. The smallest absolute Gasteiger partial charge is 0.407 e. The van der Waals surface area contributed by atoms with Gasteiger partial charge in [0.2, 0.25) is 5.91 Å². The van der Waals surface area contributed by atoms with Crippen LogP contribution in [0, 0.1) is 0 Å². The Hall–Kier alpha value is -2.04. The van der Waals surface area contributed by atoms with E-state index < -0.39 is 11.7 Å². The van der Waals surface area contributed by atoms with E-state index in [1.165, 1.54) is 0 Å². The number of benzene rings is 1. The number of nitrogens with zero attached hydrogens (tertiary/aromatic N) is 1. The number of nitrogens with one attached hydrogen (secondary N) is 1. The minimum Gasteiger partial charge on any atom is -0.444 e. The van der Waals surface area contributed by atoms with Crippen molar-refractivity contribution in [2.75, 3.05) is 7.05 Å². The lowest BCUT2D eigenvalue weighted by atomic mass is 10.1. The van der Waals surface area contributed by atoms with E-state index in [1.807, 2.05) is 45.0 Å². The van der Waals surface area contributed by atoms with Crippen molar-refractivity contribution in [3.8, 4) is 0 Å². The maximum atomic E-state index is 11.5. The number of carbonyl (C=O) groups is 2. The van der Waals surface area contributed by atoms with Crippen molar-refractivity contribution in [2.45, 2.75) is 46.4 Å². The van der Waals surface area contributed by atoms with Crippen LogP contribution in [0.2, 0.25) is 0 Å². The molecule has 0 bridgehead atoms. The Labute approximate surface area is 126 Å². The third-order valence-corrected chi connectivity index (χ3v) is 2.82. The molecule has 0 spiro atoms. The second kappa shape index (κ2) is 7.11. The molecule has 0 unspecified atom stereocenters. The lowest BCUT2D eigenvalue weighted by Crippen LogP contribution is -2.32. The summed E-state index contributed by atoms with van der Waals surface area (Å²) >= 11 is 0. The molecule has 0 saturated heterocycles. The number of carbonyl (C=O) groups excluding carboxylic acids is 2. The Morgan fingerprint density at radius 1 is 1.14 bits per heavy atom. The van der Waals surface area contributed by atoms with Crippen molar-refractivity contribution in [3.63, 3.8) is 0 Å². The Morgan fingerprint density at radius 2 is 1.67 bits per heavy atom. The van der Waals surface area contributed by atoms with Gasteiger partial charge in [-0.1, -0.05) is 24.3 Å². The molecule has 0 aliphatic heterocycles. The Kier molecular flexibility index (Phi) is 5.76. The average Bonchev–Trinajstić information content (AvgIpc) is 2.35. The highest BCUT2D eigenvalue weighted by molar-refractivity contribution is 5.72. The summed E-state index contributed by atoms with van der Waals surface area (Å²) in [6.07, 6.45) is -0.428. The molecule has 21 heavy (non-hydrogen) atoms. The van der Waals surface area contributed by atoms with Crippen LogP contribution in [0.5, 0.6) is 0 Å². The Morgan fingerprint density at radius 3 is 2.14 bits per heavy atom. The SMILES string of the molecule is CC(=O)N(C)Cc1ccc(CNC(=O)OC(C)(C)C)cc1. The zero-order valence-corrected chi connectivity index (χ0v) is 13.4. The second-order valence-electron chi connectivity index (χ2n) is 6.05. The van der Waals surface area contributed by atoms with Crippen LogP contribution in [0.1, 0.15) is 38.8 Å². The van der Waals surface area contributed by atoms with Crippen LogP contribution >= 0.6 is 0 Å². The van der Waals surface area contributed by atoms with Crippen molar-refractivity contribution in [1.29, 1.82) is 0 Å². The molecular weight excluding hydrogens is 268 g/mol. The topological polar surface area (TPSA) is 58.6 Å². The van der Waals surface area contributed by atoms with E-state index in [1.54, 1.807) is 18.9 Å². The first-order valence-electron chi connectivity index (χ1n) is 6.94. The molecular formula is C16H24N2O3. The summed E-state index contributed by atoms with van der Waals surface area (Å²) in [4.78, 5) is 24.4. The van der Waals surface area contributed by atoms with Gasteiger partial charge in [-0.05, 0) is 31.9 Å². The van der Waals surface area contributed by atoms with Crippen LogP contribution in [0.3, 0.4) is 0 Å². The maximum Gasteiger partial charge on any atom is 0.407 e. The highest BCUT2D eigenvalue weighted by Gasteiger charge is 2.15. The molecule has 0 saturated carbocycles. The molecule has 1 rings (SSSR count). The van der Waals surface area contributed by atoms with Crippen LogP contribution in [-0.4, -0.2) is 29.5 Å². The highest BCUT2D eigenvalue weighted by atomic mass is 16.6. The average molecular weight is 292 g/mol. The van der Waals surface area contributed by atoms with Crippen LogP contribution < -0.4 is 5.32 Å². The lowest BCUT2D eigenvalue weighted by molar-refractivity contribution is -0.128. The molecule has 1 aromatic carbocycles. The van der Waals surface area contributed by atoms with E-state index in [-0.39, 0.29) is 5.91 Å². The van der Waals surface area contributed by atoms with Crippen molar-refractivity contribution in [1.82, 2.24) is 10.2 Å². The number of ether oxygens (including phenoxy) is 1. The summed E-state index contributed by atoms with van der Waals surface area (Å²) in [5, 5.41) is 2.71. The summed E-state index contributed by atoms with van der Waals surface area (Å²) in [5.74, 6) is 0.0330. The molecule has 5 nitrogen and oxygen atoms in total. The van der Waals surface area contributed by atoms with Crippen molar-refractivity contribution < 1.29 is 14.3 Å². The van der Waals surface area contributed by atoms with Crippen molar-refractivity contribution >= 4 is 12.0 Å². The van der Waals surface area contributed by atoms with Crippen LogP contribution in [0.4, 0.5) is 4.79 Å². The molecule has 0 fully saturated rings. The Bertz CT molecular complexity index is 489. The predicted molar refractivity (Wildman–Crippen MR) is 81.7 cm³/mol. The molecule has 116 valence electrons. The van der Waals surface area contributed by atoms with Gasteiger partial charge in [0, 0.05) is 27.1 Å². The van der Waals surface area contributed by atoms with Gasteiger partial charge in [0.1, 0.15) is 5.60 Å². The molecule has 0 aromatic heterocycles. The normalized spacial score (nSPS) is 10.9. The zero-order chi connectivity index (χ0) is 16.0. The lowest BCUT2D eigenvalue weighted by Gasteiger charge is -2.19. The minimum absolute atomic E-state index is 0.0330. The maximum absolute atomic E-state index is 11.5. The summed E-state index contributed by atoms with van der Waals surface area (Å²) in [6.45, 7) is 8.01. The van der Waals surface area contributed by atoms with E-state index in [0.29, 0.717) is 13.1 Å². The predicted octanol–water partition coefficient (Wildman–Crippen LogP) is 2.69. The molecule has 1 aromatic rings. The Balaban J connectivity index is 2.48. The first kappa shape index (κ1) is 17.0. The van der Waals surface area contributed by atoms with Gasteiger partial charge in [0.15, 0.2) is 0 Å². The number of hydrogen-bond donors (Lipinski definition) is 1. The molecule has 0 heterocycles. The fraction of sp³-hybridized carbons (Fsp3) is 0.500. The van der Waals surface area contributed by atoms with Crippen LogP contribution in [-0.2, 0) is 22.6 Å². The largest absolute Gasteiger partial charge is 0.444 e. The van der Waals surface area contributed by atoms with Crippen LogP contribution in [0.15, 0.2) is 24.3 Å². The van der Waals surface area contributed by atoms with Gasteiger partial charge in [0.05, 0.1) is 0 Å². The molecule has 0 radical (unpaired) electrons. The monoisotopic (exact) mass is 292 g/mol. The first-order chi connectivity index (χ1) is 9.67. The summed E-state index contributed by atoms with van der Waals surface area (Å²) < 4.78 is 5.17.